The molecule has 0 atom stereocenters. The van der Waals surface area contributed by atoms with Gasteiger partial charge in [-0.25, -0.2) is 0 Å². The highest BCUT2D eigenvalue weighted by atomic mass is 16.3. The Morgan fingerprint density at radius 2 is 0.964 bits per heavy atom. The molecule has 258 valence electrons. The molecule has 0 saturated heterocycles. The predicted octanol–water partition coefficient (Wildman–Crippen LogP) is 14.6. The molecule has 55 heavy (non-hydrogen) atoms. The van der Waals surface area contributed by atoms with Gasteiger partial charge < -0.3 is 13.9 Å². The number of fused-ring (bicyclic) bond motifs is 7. The van der Waals surface area contributed by atoms with Crippen LogP contribution in [0.5, 0.6) is 0 Å². The van der Waals surface area contributed by atoms with Crippen LogP contribution in [0.25, 0.3) is 82.5 Å². The number of nitrogens with zero attached hydrogens (tertiary/aromatic N) is 2. The molecule has 0 N–H and O–H groups in total. The van der Waals surface area contributed by atoms with E-state index in [2.05, 4.69) is 204 Å². The molecule has 0 aliphatic carbocycles. The summed E-state index contributed by atoms with van der Waals surface area (Å²) >= 11 is 0. The third-order valence-corrected chi connectivity index (χ3v) is 11.0. The summed E-state index contributed by atoms with van der Waals surface area (Å²) in [6.45, 7) is 0. The Hall–Kier alpha value is -7.36. The minimum Gasteiger partial charge on any atom is -0.456 e. The average molecular weight is 703 g/mol. The highest BCUT2D eigenvalue weighted by molar-refractivity contribution is 6.14. The van der Waals surface area contributed by atoms with E-state index >= 15 is 0 Å². The molecule has 0 amide bonds. The summed E-state index contributed by atoms with van der Waals surface area (Å²) < 4.78 is 8.65. The van der Waals surface area contributed by atoms with Crippen LogP contribution in [0.15, 0.2) is 211 Å². The molecule has 2 aromatic heterocycles. The van der Waals surface area contributed by atoms with Gasteiger partial charge in [0.25, 0.3) is 0 Å². The number of para-hydroxylation sites is 4. The smallest absolute Gasteiger partial charge is 0.136 e. The van der Waals surface area contributed by atoms with Gasteiger partial charge in [0, 0.05) is 38.6 Å². The van der Waals surface area contributed by atoms with Gasteiger partial charge in [-0.3, -0.25) is 0 Å². The number of hydrogen-bond acceptors (Lipinski definition) is 2. The van der Waals surface area contributed by atoms with Crippen LogP contribution < -0.4 is 4.90 Å². The maximum absolute atomic E-state index is 6.24. The van der Waals surface area contributed by atoms with Crippen molar-refractivity contribution in [3.63, 3.8) is 0 Å². The Labute approximate surface area is 318 Å². The summed E-state index contributed by atoms with van der Waals surface area (Å²) in [5.41, 5.74) is 13.3. The van der Waals surface area contributed by atoms with Crippen LogP contribution >= 0.6 is 0 Å². The number of rotatable bonds is 6. The summed E-state index contributed by atoms with van der Waals surface area (Å²) in [6, 6.07) is 74.0. The van der Waals surface area contributed by atoms with Crippen molar-refractivity contribution in [2.45, 2.75) is 0 Å². The van der Waals surface area contributed by atoms with Gasteiger partial charge in [-0.15, -0.1) is 0 Å². The van der Waals surface area contributed by atoms with Gasteiger partial charge in [-0.05, 0) is 106 Å². The van der Waals surface area contributed by atoms with Crippen LogP contribution in [0.2, 0.25) is 0 Å². The van der Waals surface area contributed by atoms with E-state index < -0.39 is 0 Å². The maximum Gasteiger partial charge on any atom is 0.136 e. The third kappa shape index (κ3) is 5.20. The van der Waals surface area contributed by atoms with E-state index in [-0.39, 0.29) is 0 Å². The van der Waals surface area contributed by atoms with Crippen molar-refractivity contribution in [1.82, 2.24) is 4.57 Å². The van der Waals surface area contributed by atoms with Crippen molar-refractivity contribution in [3.8, 4) is 27.9 Å². The van der Waals surface area contributed by atoms with Crippen molar-refractivity contribution in [2.24, 2.45) is 0 Å². The lowest BCUT2D eigenvalue weighted by atomic mass is 9.99. The number of aromatic nitrogens is 1. The third-order valence-electron chi connectivity index (χ3n) is 11.0. The molecule has 0 spiro atoms. The van der Waals surface area contributed by atoms with E-state index in [0.717, 1.165) is 61.2 Å². The van der Waals surface area contributed by atoms with Crippen molar-refractivity contribution < 1.29 is 4.42 Å². The summed E-state index contributed by atoms with van der Waals surface area (Å²) in [5, 5.41) is 7.11. The second-order valence-electron chi connectivity index (χ2n) is 14.2. The maximum atomic E-state index is 6.24. The largest absolute Gasteiger partial charge is 0.456 e. The van der Waals surface area contributed by atoms with E-state index in [1.165, 1.54) is 38.4 Å². The molecule has 0 aliphatic rings. The van der Waals surface area contributed by atoms with Crippen LogP contribution in [0, 0.1) is 0 Å². The van der Waals surface area contributed by atoms with Crippen LogP contribution in [0.1, 0.15) is 0 Å². The zero-order valence-electron chi connectivity index (χ0n) is 29.9. The molecule has 9 aromatic carbocycles. The Kier molecular flexibility index (Phi) is 7.17. The van der Waals surface area contributed by atoms with Gasteiger partial charge in [0.15, 0.2) is 0 Å². The molecule has 0 bridgehead atoms. The molecular formula is C52H34N2O. The molecule has 0 radical (unpaired) electrons. The fourth-order valence-corrected chi connectivity index (χ4v) is 8.34. The van der Waals surface area contributed by atoms with E-state index in [9.17, 15) is 0 Å². The molecule has 0 saturated carbocycles. The second kappa shape index (κ2) is 12.6. The summed E-state index contributed by atoms with van der Waals surface area (Å²) in [4.78, 5) is 2.40. The van der Waals surface area contributed by atoms with Gasteiger partial charge in [-0.1, -0.05) is 133 Å². The van der Waals surface area contributed by atoms with E-state index in [1.54, 1.807) is 0 Å². The van der Waals surface area contributed by atoms with Crippen molar-refractivity contribution >= 4 is 71.6 Å². The monoisotopic (exact) mass is 702 g/mol. The van der Waals surface area contributed by atoms with Gasteiger partial charge in [0.05, 0.1) is 16.7 Å². The highest BCUT2D eigenvalue weighted by Gasteiger charge is 2.21. The minimum atomic E-state index is 0.914. The lowest BCUT2D eigenvalue weighted by Crippen LogP contribution is -2.11. The molecule has 11 aromatic rings. The molecule has 3 nitrogen and oxygen atoms in total. The van der Waals surface area contributed by atoms with Crippen LogP contribution in [-0.4, -0.2) is 4.57 Å². The lowest BCUT2D eigenvalue weighted by Gasteiger charge is -2.27. The van der Waals surface area contributed by atoms with E-state index in [1.807, 2.05) is 12.1 Å². The topological polar surface area (TPSA) is 21.3 Å². The van der Waals surface area contributed by atoms with E-state index in [0.29, 0.717) is 0 Å². The zero-order valence-corrected chi connectivity index (χ0v) is 29.9. The van der Waals surface area contributed by atoms with Gasteiger partial charge in [0.1, 0.15) is 11.2 Å². The van der Waals surface area contributed by atoms with Gasteiger partial charge in [-0.2, -0.15) is 0 Å². The fraction of sp³-hybridized carbons (Fsp3) is 0. The number of benzene rings is 9. The first kappa shape index (κ1) is 31.2. The molecular weight excluding hydrogens is 669 g/mol. The van der Waals surface area contributed by atoms with Crippen molar-refractivity contribution in [3.05, 3.63) is 206 Å². The first-order valence-corrected chi connectivity index (χ1v) is 18.8. The van der Waals surface area contributed by atoms with Crippen LogP contribution in [0.3, 0.4) is 0 Å². The SMILES string of the molecule is c1ccc(-c2ccc(N(c3ccc(-c4ccc5cc6c(cc5c4)oc4ccccc46)cc3)c3cccc4c5ccccc5n(-c5ccccc5)c34)cc2)cc1. The summed E-state index contributed by atoms with van der Waals surface area (Å²) in [7, 11) is 0. The first-order chi connectivity index (χ1) is 27.3. The average Bonchev–Trinajstić information content (AvgIpc) is 3.79. The minimum absolute atomic E-state index is 0.914. The van der Waals surface area contributed by atoms with Gasteiger partial charge in [0.2, 0.25) is 0 Å². The predicted molar refractivity (Wildman–Crippen MR) is 231 cm³/mol. The lowest BCUT2D eigenvalue weighted by molar-refractivity contribution is 0.669. The molecule has 0 aliphatic heterocycles. The zero-order chi connectivity index (χ0) is 36.3. The second-order valence-corrected chi connectivity index (χ2v) is 14.2. The molecule has 3 heteroatoms. The van der Waals surface area contributed by atoms with Crippen molar-refractivity contribution in [2.75, 3.05) is 4.90 Å². The summed E-state index contributed by atoms with van der Waals surface area (Å²) in [5.74, 6) is 0. The molecule has 0 unspecified atom stereocenters. The van der Waals surface area contributed by atoms with E-state index in [4.69, 9.17) is 4.42 Å². The summed E-state index contributed by atoms with van der Waals surface area (Å²) in [6.07, 6.45) is 0. The first-order valence-electron chi connectivity index (χ1n) is 18.8. The highest BCUT2D eigenvalue weighted by Crippen LogP contribution is 2.44. The normalized spacial score (nSPS) is 11.6. The fourth-order valence-electron chi connectivity index (χ4n) is 8.34. The number of anilines is 3. The standard InChI is InChI=1S/C52H34N2O/c1-3-12-35(13-4-1)36-24-28-42(29-25-36)53(49-20-11-18-46-44-16-7-9-19-48(44)54(52(46)49)41-14-5-2-6-15-41)43-30-26-37(27-31-43)38-22-23-39-33-47-45-17-8-10-21-50(45)55-51(47)34-40(39)32-38/h1-34H. The number of hydrogen-bond donors (Lipinski definition) is 0. The van der Waals surface area contributed by atoms with Gasteiger partial charge >= 0.3 is 0 Å². The van der Waals surface area contributed by atoms with Crippen LogP contribution in [0.4, 0.5) is 17.1 Å². The molecule has 0 fully saturated rings. The Balaban J connectivity index is 1.07. The molecule has 11 rings (SSSR count). The Bertz CT molecular complexity index is 3180. The Morgan fingerprint density at radius 3 is 1.73 bits per heavy atom. The van der Waals surface area contributed by atoms with Crippen LogP contribution in [-0.2, 0) is 0 Å². The Morgan fingerprint density at radius 1 is 0.364 bits per heavy atom. The molecule has 2 heterocycles. The quantitative estimate of drug-likeness (QED) is 0.172. The van der Waals surface area contributed by atoms with Crippen molar-refractivity contribution in [1.29, 1.82) is 0 Å². The number of furan rings is 1.